The summed E-state index contributed by atoms with van der Waals surface area (Å²) in [5.74, 6) is -1.47. The SMILES string of the molecule is CN(C)c1ccc(/C=C2\SC(=S)N([C@H](CC(=O)Nc3ccc(Cl)cc3)C(=O)Nc3ccc(Cl)cc3)C2=O)cc1. The van der Waals surface area contributed by atoms with Crippen LogP contribution in [0, 0.1) is 0 Å². The molecule has 3 aromatic carbocycles. The van der Waals surface area contributed by atoms with E-state index < -0.39 is 23.8 Å². The summed E-state index contributed by atoms with van der Waals surface area (Å²) in [7, 11) is 3.89. The Morgan fingerprint density at radius 2 is 1.46 bits per heavy atom. The molecule has 0 unspecified atom stereocenters. The molecule has 3 amide bonds. The zero-order valence-electron chi connectivity index (χ0n) is 21.0. The number of carbonyl (C=O) groups is 3. The van der Waals surface area contributed by atoms with Gasteiger partial charge >= 0.3 is 0 Å². The number of nitrogens with one attached hydrogen (secondary N) is 2. The molecular weight excluding hydrogens is 575 g/mol. The number of thioether (sulfide) groups is 1. The van der Waals surface area contributed by atoms with Gasteiger partial charge in [0.25, 0.3) is 5.91 Å². The highest BCUT2D eigenvalue weighted by Gasteiger charge is 2.41. The summed E-state index contributed by atoms with van der Waals surface area (Å²) in [6.07, 6.45) is 1.40. The van der Waals surface area contributed by atoms with Crippen LogP contribution in [0.3, 0.4) is 0 Å². The molecule has 0 aliphatic carbocycles. The number of thiocarbonyl (C=S) groups is 1. The van der Waals surface area contributed by atoms with Crippen molar-refractivity contribution in [2.45, 2.75) is 12.5 Å². The lowest BCUT2D eigenvalue weighted by Crippen LogP contribution is -2.48. The minimum atomic E-state index is -1.19. The van der Waals surface area contributed by atoms with Gasteiger partial charge in [-0.25, -0.2) is 0 Å². The number of hydrogen-bond donors (Lipinski definition) is 2. The second-order valence-electron chi connectivity index (χ2n) is 8.81. The predicted molar refractivity (Wildman–Crippen MR) is 164 cm³/mol. The van der Waals surface area contributed by atoms with E-state index in [0.29, 0.717) is 26.3 Å². The molecule has 1 heterocycles. The van der Waals surface area contributed by atoms with Crippen LogP contribution in [0.2, 0.25) is 10.0 Å². The summed E-state index contributed by atoms with van der Waals surface area (Å²) in [4.78, 5) is 43.5. The Bertz CT molecular complexity index is 1430. The van der Waals surface area contributed by atoms with Gasteiger partial charge in [0.15, 0.2) is 0 Å². The summed E-state index contributed by atoms with van der Waals surface area (Å²) in [5, 5.41) is 6.54. The van der Waals surface area contributed by atoms with Crippen molar-refractivity contribution >= 4 is 92.4 Å². The zero-order chi connectivity index (χ0) is 28.1. The zero-order valence-corrected chi connectivity index (χ0v) is 24.1. The van der Waals surface area contributed by atoms with Gasteiger partial charge in [0.2, 0.25) is 11.8 Å². The number of hydrogen-bond acceptors (Lipinski definition) is 6. The quantitative estimate of drug-likeness (QED) is 0.234. The Balaban J connectivity index is 1.58. The largest absolute Gasteiger partial charge is 0.378 e. The third kappa shape index (κ3) is 7.39. The molecular formula is C28H24Cl2N4O3S2. The molecule has 200 valence electrons. The summed E-state index contributed by atoms with van der Waals surface area (Å²) >= 11 is 18.5. The highest BCUT2D eigenvalue weighted by Crippen LogP contribution is 2.35. The van der Waals surface area contributed by atoms with Crippen molar-refractivity contribution in [1.29, 1.82) is 0 Å². The van der Waals surface area contributed by atoms with Crippen molar-refractivity contribution in [3.05, 3.63) is 93.3 Å². The molecule has 11 heteroatoms. The number of rotatable bonds is 8. The van der Waals surface area contributed by atoms with Gasteiger partial charge in [0, 0.05) is 41.2 Å². The Morgan fingerprint density at radius 3 is 2.00 bits per heavy atom. The van der Waals surface area contributed by atoms with Crippen molar-refractivity contribution in [1.82, 2.24) is 4.90 Å². The van der Waals surface area contributed by atoms with Crippen LogP contribution in [0.1, 0.15) is 12.0 Å². The smallest absolute Gasteiger partial charge is 0.266 e. The topological polar surface area (TPSA) is 81.8 Å². The average Bonchev–Trinajstić information content (AvgIpc) is 3.17. The molecule has 0 aromatic heterocycles. The standard InChI is InChI=1S/C28H24Cl2N4O3S2/c1-33(2)22-13-3-17(4-14-22)15-24-27(37)34(28(38)39-24)23(26(36)32-21-11-7-19(30)8-12-21)16-25(35)31-20-9-5-18(29)6-10-20/h3-15,23H,16H2,1-2H3,(H,31,35)(H,32,36)/b24-15-/t23-/m1/s1. The number of carbonyl (C=O) groups excluding carboxylic acids is 3. The van der Waals surface area contributed by atoms with Crippen LogP contribution < -0.4 is 15.5 Å². The number of benzene rings is 3. The van der Waals surface area contributed by atoms with Crippen molar-refractivity contribution in [2.24, 2.45) is 0 Å². The minimum absolute atomic E-state index is 0.187. The third-order valence-corrected chi connectivity index (χ3v) is 7.60. The van der Waals surface area contributed by atoms with Gasteiger partial charge in [0.1, 0.15) is 10.4 Å². The van der Waals surface area contributed by atoms with Crippen molar-refractivity contribution < 1.29 is 14.4 Å². The highest BCUT2D eigenvalue weighted by atomic mass is 35.5. The third-order valence-electron chi connectivity index (χ3n) is 5.76. The normalized spacial score (nSPS) is 14.9. The first kappa shape index (κ1) is 28.6. The summed E-state index contributed by atoms with van der Waals surface area (Å²) in [6, 6.07) is 19.6. The first-order valence-corrected chi connectivity index (χ1v) is 13.7. The van der Waals surface area contributed by atoms with Crippen LogP contribution in [0.25, 0.3) is 6.08 Å². The fourth-order valence-electron chi connectivity index (χ4n) is 3.75. The molecule has 0 radical (unpaired) electrons. The van der Waals surface area contributed by atoms with Crippen molar-refractivity contribution in [2.75, 3.05) is 29.6 Å². The number of anilines is 3. The van der Waals surface area contributed by atoms with E-state index in [2.05, 4.69) is 10.6 Å². The maximum Gasteiger partial charge on any atom is 0.266 e. The lowest BCUT2D eigenvalue weighted by atomic mass is 10.1. The van der Waals surface area contributed by atoms with E-state index in [-0.39, 0.29) is 10.7 Å². The molecule has 4 rings (SSSR count). The molecule has 0 saturated carbocycles. The van der Waals surface area contributed by atoms with E-state index in [1.54, 1.807) is 54.6 Å². The van der Waals surface area contributed by atoms with Gasteiger partial charge in [-0.2, -0.15) is 0 Å². The fourth-order valence-corrected chi connectivity index (χ4v) is 5.36. The summed E-state index contributed by atoms with van der Waals surface area (Å²) in [6.45, 7) is 0. The van der Waals surface area contributed by atoms with Gasteiger partial charge in [-0.3, -0.25) is 19.3 Å². The molecule has 1 aliphatic rings. The van der Waals surface area contributed by atoms with Gasteiger partial charge in [-0.05, 0) is 72.3 Å². The average molecular weight is 600 g/mol. The molecule has 1 atom stereocenters. The van der Waals surface area contributed by atoms with E-state index in [1.807, 2.05) is 43.3 Å². The van der Waals surface area contributed by atoms with Crippen LogP contribution in [-0.2, 0) is 14.4 Å². The van der Waals surface area contributed by atoms with Crippen molar-refractivity contribution in [3.8, 4) is 0 Å². The van der Waals surface area contributed by atoms with Crippen LogP contribution in [-0.4, -0.2) is 47.1 Å². The summed E-state index contributed by atoms with van der Waals surface area (Å²) < 4.78 is 0.187. The molecule has 0 spiro atoms. The molecule has 1 aliphatic heterocycles. The molecule has 0 bridgehead atoms. The Kier molecular flexibility index (Phi) is 9.29. The Labute approximate surface area is 246 Å². The maximum atomic E-state index is 13.5. The molecule has 2 N–H and O–H groups in total. The van der Waals surface area contributed by atoms with Crippen LogP contribution in [0.15, 0.2) is 77.7 Å². The number of halogens is 2. The van der Waals surface area contributed by atoms with Crippen LogP contribution in [0.5, 0.6) is 0 Å². The lowest BCUT2D eigenvalue weighted by Gasteiger charge is -2.25. The molecule has 39 heavy (non-hydrogen) atoms. The van der Waals surface area contributed by atoms with Gasteiger partial charge < -0.3 is 15.5 Å². The molecule has 1 saturated heterocycles. The first-order valence-electron chi connectivity index (χ1n) is 11.8. The number of amides is 3. The van der Waals surface area contributed by atoms with Crippen LogP contribution >= 0.6 is 47.2 Å². The minimum Gasteiger partial charge on any atom is -0.378 e. The fraction of sp³-hybridized carbons (Fsp3) is 0.143. The van der Waals surface area contributed by atoms with Crippen LogP contribution in [0.4, 0.5) is 17.1 Å². The highest BCUT2D eigenvalue weighted by molar-refractivity contribution is 8.26. The molecule has 1 fully saturated rings. The lowest BCUT2D eigenvalue weighted by molar-refractivity contribution is -0.132. The first-order chi connectivity index (χ1) is 18.6. The number of nitrogens with zero attached hydrogens (tertiary/aromatic N) is 2. The second-order valence-corrected chi connectivity index (χ2v) is 11.4. The van der Waals surface area contributed by atoms with E-state index >= 15 is 0 Å². The van der Waals surface area contributed by atoms with E-state index in [1.165, 1.54) is 4.90 Å². The Hall–Kier alpha value is -3.37. The molecule has 3 aromatic rings. The second kappa shape index (κ2) is 12.7. The van der Waals surface area contributed by atoms with Gasteiger partial charge in [-0.1, -0.05) is 59.3 Å². The van der Waals surface area contributed by atoms with E-state index in [0.717, 1.165) is 23.0 Å². The monoisotopic (exact) mass is 598 g/mol. The van der Waals surface area contributed by atoms with Crippen molar-refractivity contribution in [3.63, 3.8) is 0 Å². The summed E-state index contributed by atoms with van der Waals surface area (Å²) in [5.41, 5.74) is 2.80. The Morgan fingerprint density at radius 1 is 0.923 bits per heavy atom. The van der Waals surface area contributed by atoms with E-state index in [4.69, 9.17) is 35.4 Å². The van der Waals surface area contributed by atoms with Gasteiger partial charge in [0.05, 0.1) is 11.3 Å². The van der Waals surface area contributed by atoms with Gasteiger partial charge in [-0.15, -0.1) is 0 Å². The van der Waals surface area contributed by atoms with E-state index in [9.17, 15) is 14.4 Å². The predicted octanol–water partition coefficient (Wildman–Crippen LogP) is 6.30. The maximum absolute atomic E-state index is 13.5. The molecule has 7 nitrogen and oxygen atoms in total.